The highest BCUT2D eigenvalue weighted by Crippen LogP contribution is 2.46. The molecule has 1 saturated carbocycles. The molecular formula is C13H16F2O4. The normalized spacial score (nSPS) is 21.2. The molecule has 1 fully saturated rings. The third kappa shape index (κ3) is 2.63. The number of furan rings is 1. The summed E-state index contributed by atoms with van der Waals surface area (Å²) in [5, 5.41) is 9.42. The van der Waals surface area contributed by atoms with E-state index in [1.807, 2.05) is 0 Å². The molecule has 1 N–H and O–H groups in total. The lowest BCUT2D eigenvalue weighted by molar-refractivity contribution is -0.150. The Hall–Kier alpha value is -1.43. The van der Waals surface area contributed by atoms with Crippen molar-refractivity contribution in [3.63, 3.8) is 0 Å². The molecule has 0 atom stereocenters. The Bertz CT molecular complexity index is 457. The van der Waals surface area contributed by atoms with E-state index >= 15 is 0 Å². The molecule has 0 aliphatic heterocycles. The minimum absolute atomic E-state index is 0.116. The first-order chi connectivity index (χ1) is 8.89. The Labute approximate surface area is 109 Å². The van der Waals surface area contributed by atoms with E-state index in [0.717, 1.165) is 0 Å². The molecule has 1 aliphatic rings. The van der Waals surface area contributed by atoms with Gasteiger partial charge in [0.2, 0.25) is 5.92 Å². The number of carboxylic acid groups (broad SMARTS) is 1. The van der Waals surface area contributed by atoms with Crippen LogP contribution in [0, 0.1) is 0 Å². The molecule has 0 spiro atoms. The smallest absolute Gasteiger partial charge is 0.317 e. The Morgan fingerprint density at radius 3 is 2.53 bits per heavy atom. The minimum Gasteiger partial charge on any atom is -0.480 e. The molecule has 2 rings (SSSR count). The lowest BCUT2D eigenvalue weighted by Gasteiger charge is -2.35. The van der Waals surface area contributed by atoms with Gasteiger partial charge in [0.25, 0.3) is 0 Å². The van der Waals surface area contributed by atoms with Crippen LogP contribution in [0.1, 0.15) is 37.2 Å². The van der Waals surface area contributed by atoms with Gasteiger partial charge in [-0.25, -0.2) is 8.78 Å². The Morgan fingerprint density at radius 1 is 1.37 bits per heavy atom. The van der Waals surface area contributed by atoms with Crippen molar-refractivity contribution in [2.24, 2.45) is 0 Å². The molecule has 0 unspecified atom stereocenters. The molecular weight excluding hydrogens is 258 g/mol. The fourth-order valence-corrected chi connectivity index (χ4v) is 2.46. The van der Waals surface area contributed by atoms with Gasteiger partial charge in [0, 0.05) is 20.0 Å². The largest absolute Gasteiger partial charge is 0.480 e. The predicted molar refractivity (Wildman–Crippen MR) is 62.1 cm³/mol. The van der Waals surface area contributed by atoms with E-state index in [-0.39, 0.29) is 25.2 Å². The highest BCUT2D eigenvalue weighted by molar-refractivity contribution is 5.80. The van der Waals surface area contributed by atoms with Gasteiger partial charge in [-0.05, 0) is 25.0 Å². The summed E-state index contributed by atoms with van der Waals surface area (Å²) in [6.45, 7) is 0.228. The molecule has 6 heteroatoms. The van der Waals surface area contributed by atoms with E-state index in [1.54, 1.807) is 12.1 Å². The quantitative estimate of drug-likeness (QED) is 0.917. The van der Waals surface area contributed by atoms with E-state index < -0.39 is 30.1 Å². The number of rotatable bonds is 4. The summed E-state index contributed by atoms with van der Waals surface area (Å²) < 4.78 is 36.8. The zero-order valence-corrected chi connectivity index (χ0v) is 10.6. The van der Waals surface area contributed by atoms with Crippen molar-refractivity contribution in [1.29, 1.82) is 0 Å². The standard InChI is InChI=1S/C13H16F2O4/c1-18-8-9-2-3-10(19-9)12(11(16)17)4-6-13(14,15)7-5-12/h2-3H,4-8H2,1H3,(H,16,17). The summed E-state index contributed by atoms with van der Waals surface area (Å²) in [5.74, 6) is -3.15. The molecule has 106 valence electrons. The van der Waals surface area contributed by atoms with Crippen LogP contribution in [0.15, 0.2) is 16.5 Å². The lowest BCUT2D eigenvalue weighted by atomic mass is 9.71. The van der Waals surface area contributed by atoms with Crippen LogP contribution in [0.5, 0.6) is 0 Å². The minimum atomic E-state index is -2.78. The van der Waals surface area contributed by atoms with Gasteiger partial charge in [0.15, 0.2) is 0 Å². The Morgan fingerprint density at radius 2 is 2.00 bits per heavy atom. The molecule has 0 aromatic carbocycles. The summed E-state index contributed by atoms with van der Waals surface area (Å²) in [6.07, 6.45) is -1.09. The molecule has 1 aliphatic carbocycles. The van der Waals surface area contributed by atoms with Crippen molar-refractivity contribution in [3.05, 3.63) is 23.7 Å². The monoisotopic (exact) mass is 274 g/mol. The Kier molecular flexibility index (Phi) is 3.62. The molecule has 0 amide bonds. The second-order valence-corrected chi connectivity index (χ2v) is 4.94. The number of halogens is 2. The van der Waals surface area contributed by atoms with Crippen LogP contribution in [-0.2, 0) is 21.6 Å². The van der Waals surface area contributed by atoms with E-state index in [4.69, 9.17) is 9.15 Å². The summed E-state index contributed by atoms with van der Waals surface area (Å²) >= 11 is 0. The van der Waals surface area contributed by atoms with Gasteiger partial charge >= 0.3 is 5.97 Å². The number of hydrogen-bond donors (Lipinski definition) is 1. The SMILES string of the molecule is COCc1ccc(C2(C(=O)O)CCC(F)(F)CC2)o1. The summed E-state index contributed by atoms with van der Waals surface area (Å²) in [6, 6.07) is 3.17. The van der Waals surface area contributed by atoms with Gasteiger partial charge < -0.3 is 14.3 Å². The number of alkyl halides is 2. The highest BCUT2D eigenvalue weighted by Gasteiger charge is 2.51. The maximum atomic E-state index is 13.2. The zero-order valence-electron chi connectivity index (χ0n) is 10.6. The summed E-state index contributed by atoms with van der Waals surface area (Å²) in [5.41, 5.74) is -1.34. The first-order valence-corrected chi connectivity index (χ1v) is 6.09. The maximum Gasteiger partial charge on any atom is 0.317 e. The molecule has 1 aromatic rings. The third-order valence-corrected chi connectivity index (χ3v) is 3.66. The van der Waals surface area contributed by atoms with Crippen molar-refractivity contribution in [1.82, 2.24) is 0 Å². The molecule has 0 bridgehead atoms. The van der Waals surface area contributed by atoms with Crippen LogP contribution in [0.2, 0.25) is 0 Å². The average molecular weight is 274 g/mol. The van der Waals surface area contributed by atoms with Crippen LogP contribution >= 0.6 is 0 Å². The number of carboxylic acids is 1. The van der Waals surface area contributed by atoms with Gasteiger partial charge in [0.1, 0.15) is 23.5 Å². The number of ether oxygens (including phenoxy) is 1. The number of aliphatic carboxylic acids is 1. The molecule has 0 saturated heterocycles. The molecule has 1 aromatic heterocycles. The fourth-order valence-electron chi connectivity index (χ4n) is 2.46. The second-order valence-electron chi connectivity index (χ2n) is 4.94. The summed E-state index contributed by atoms with van der Waals surface area (Å²) in [4.78, 5) is 11.5. The van der Waals surface area contributed by atoms with Crippen molar-refractivity contribution in [2.75, 3.05) is 7.11 Å². The molecule has 19 heavy (non-hydrogen) atoms. The van der Waals surface area contributed by atoms with Crippen molar-refractivity contribution < 1.29 is 27.8 Å². The van der Waals surface area contributed by atoms with Gasteiger partial charge in [-0.2, -0.15) is 0 Å². The van der Waals surface area contributed by atoms with Gasteiger partial charge in [-0.15, -0.1) is 0 Å². The zero-order chi connectivity index (χ0) is 14.1. The van der Waals surface area contributed by atoms with E-state index in [2.05, 4.69) is 0 Å². The van der Waals surface area contributed by atoms with Gasteiger partial charge in [-0.3, -0.25) is 4.79 Å². The number of carbonyl (C=O) groups is 1. The first kappa shape index (κ1) is 14.0. The predicted octanol–water partition coefficient (Wildman–Crippen LogP) is 2.96. The van der Waals surface area contributed by atoms with Crippen molar-refractivity contribution in [3.8, 4) is 0 Å². The number of hydrogen-bond acceptors (Lipinski definition) is 3. The third-order valence-electron chi connectivity index (χ3n) is 3.66. The topological polar surface area (TPSA) is 59.7 Å². The van der Waals surface area contributed by atoms with Crippen molar-refractivity contribution in [2.45, 2.75) is 43.6 Å². The van der Waals surface area contributed by atoms with Gasteiger partial charge in [-0.1, -0.05) is 0 Å². The van der Waals surface area contributed by atoms with E-state index in [1.165, 1.54) is 7.11 Å². The highest BCUT2D eigenvalue weighted by atomic mass is 19.3. The maximum absolute atomic E-state index is 13.2. The number of methoxy groups -OCH3 is 1. The van der Waals surface area contributed by atoms with Crippen LogP contribution in [0.25, 0.3) is 0 Å². The first-order valence-electron chi connectivity index (χ1n) is 6.09. The Balaban J connectivity index is 2.27. The van der Waals surface area contributed by atoms with Crippen molar-refractivity contribution >= 4 is 5.97 Å². The average Bonchev–Trinajstić information content (AvgIpc) is 2.78. The summed E-state index contributed by atoms with van der Waals surface area (Å²) in [7, 11) is 1.50. The molecule has 0 radical (unpaired) electrons. The van der Waals surface area contributed by atoms with E-state index in [9.17, 15) is 18.7 Å². The van der Waals surface area contributed by atoms with Crippen LogP contribution in [0.3, 0.4) is 0 Å². The fraction of sp³-hybridized carbons (Fsp3) is 0.615. The second kappa shape index (κ2) is 4.92. The van der Waals surface area contributed by atoms with Gasteiger partial charge in [0.05, 0.1) is 0 Å². The van der Waals surface area contributed by atoms with Crippen LogP contribution in [0.4, 0.5) is 8.78 Å². The van der Waals surface area contributed by atoms with Crippen LogP contribution < -0.4 is 0 Å². The lowest BCUT2D eigenvalue weighted by Crippen LogP contribution is -2.42. The molecule has 4 nitrogen and oxygen atoms in total. The van der Waals surface area contributed by atoms with E-state index in [0.29, 0.717) is 5.76 Å². The molecule has 1 heterocycles. The van der Waals surface area contributed by atoms with Crippen LogP contribution in [-0.4, -0.2) is 24.1 Å².